The minimum atomic E-state index is -4.57. The van der Waals surface area contributed by atoms with Gasteiger partial charge < -0.3 is 20.3 Å². The lowest BCUT2D eigenvalue weighted by Gasteiger charge is -2.53. The van der Waals surface area contributed by atoms with Gasteiger partial charge >= 0.3 is 12.3 Å². The number of ether oxygens (including phenoxy) is 1. The number of benzene rings is 4. The van der Waals surface area contributed by atoms with Crippen LogP contribution in [0.5, 0.6) is 0 Å². The molecule has 3 fully saturated rings. The van der Waals surface area contributed by atoms with Crippen molar-refractivity contribution in [1.29, 1.82) is 0 Å². The Hall–Kier alpha value is -5.69. The van der Waals surface area contributed by atoms with Crippen LogP contribution in [-0.4, -0.2) is 82.4 Å². The monoisotopic (exact) mass is 781 g/mol. The van der Waals surface area contributed by atoms with Crippen LogP contribution in [0, 0.1) is 0 Å². The van der Waals surface area contributed by atoms with E-state index in [1.54, 1.807) is 0 Å². The Labute approximate surface area is 330 Å². The molecule has 10 nitrogen and oxygen atoms in total. The van der Waals surface area contributed by atoms with Crippen LogP contribution in [-0.2, 0) is 44.8 Å². The molecule has 3 saturated heterocycles. The number of rotatable bonds is 14. The minimum Gasteiger partial charge on any atom is -0.447 e. The molecule has 0 radical (unpaired) electrons. The van der Waals surface area contributed by atoms with E-state index < -0.39 is 59.7 Å². The maximum absolute atomic E-state index is 14.5. The molecule has 13 heteroatoms. The van der Waals surface area contributed by atoms with Gasteiger partial charge in [0.15, 0.2) is 0 Å². The Balaban J connectivity index is 1.12. The van der Waals surface area contributed by atoms with Crippen LogP contribution in [0.4, 0.5) is 18.0 Å². The van der Waals surface area contributed by atoms with Gasteiger partial charge in [0.25, 0.3) is 0 Å². The molecule has 0 bridgehead atoms. The number of piperidine rings is 1. The van der Waals surface area contributed by atoms with E-state index in [0.717, 1.165) is 42.9 Å². The molecule has 4 atom stereocenters. The molecule has 2 N–H and O–H groups in total. The summed E-state index contributed by atoms with van der Waals surface area (Å²) in [6.07, 6.45) is -3.31. The van der Waals surface area contributed by atoms with Crippen molar-refractivity contribution in [1.82, 2.24) is 25.3 Å². The Morgan fingerprint density at radius 1 is 0.807 bits per heavy atom. The number of aryl methyl sites for hydroxylation is 1. The van der Waals surface area contributed by atoms with Crippen molar-refractivity contribution in [3.63, 3.8) is 0 Å². The Kier molecular flexibility index (Phi) is 12.2. The van der Waals surface area contributed by atoms with Gasteiger partial charge in [0, 0.05) is 32.2 Å². The van der Waals surface area contributed by atoms with E-state index in [2.05, 4.69) is 27.7 Å². The number of hydrogen-bond donors (Lipinski definition) is 2. The molecule has 3 aliphatic heterocycles. The van der Waals surface area contributed by atoms with Gasteiger partial charge in [0.2, 0.25) is 17.7 Å². The van der Waals surface area contributed by atoms with Crippen LogP contribution >= 0.6 is 0 Å². The molecule has 298 valence electrons. The second-order valence-electron chi connectivity index (χ2n) is 14.9. The molecule has 4 aromatic rings. The number of alkyl halides is 3. The smallest absolute Gasteiger partial charge is 0.416 e. The molecule has 0 saturated carbocycles. The molecular formula is C44H46F3N5O5. The number of likely N-dealkylation sites (tertiary alicyclic amines) is 2. The average Bonchev–Trinajstić information content (AvgIpc) is 3.59. The lowest BCUT2D eigenvalue weighted by molar-refractivity contribution is -0.168. The number of cyclic esters (lactones) is 1. The molecule has 0 aliphatic carbocycles. The zero-order chi connectivity index (χ0) is 39.9. The molecule has 0 spiro atoms. The Morgan fingerprint density at radius 3 is 2.11 bits per heavy atom. The van der Waals surface area contributed by atoms with Gasteiger partial charge in [-0.25, -0.2) is 4.79 Å². The third kappa shape index (κ3) is 9.48. The van der Waals surface area contributed by atoms with Crippen molar-refractivity contribution in [3.05, 3.63) is 143 Å². The summed E-state index contributed by atoms with van der Waals surface area (Å²) in [5, 5.41) is 5.80. The zero-order valence-electron chi connectivity index (χ0n) is 31.4. The number of hydrogen-bond acceptors (Lipinski definition) is 6. The number of carbonyl (C=O) groups excluding carboxylic acids is 4. The van der Waals surface area contributed by atoms with E-state index in [4.69, 9.17) is 4.74 Å². The maximum atomic E-state index is 14.5. The van der Waals surface area contributed by atoms with Crippen LogP contribution in [0.2, 0.25) is 0 Å². The lowest BCUT2D eigenvalue weighted by Crippen LogP contribution is -2.75. The van der Waals surface area contributed by atoms with Crippen LogP contribution < -0.4 is 10.6 Å². The van der Waals surface area contributed by atoms with Crippen LogP contribution in [0.1, 0.15) is 59.5 Å². The van der Waals surface area contributed by atoms with Crippen molar-refractivity contribution in [2.24, 2.45) is 0 Å². The summed E-state index contributed by atoms with van der Waals surface area (Å²) >= 11 is 0. The number of carbonyl (C=O) groups is 4. The molecule has 4 aromatic carbocycles. The van der Waals surface area contributed by atoms with Crippen molar-refractivity contribution in [2.75, 3.05) is 19.7 Å². The first-order valence-electron chi connectivity index (χ1n) is 19.4. The lowest BCUT2D eigenvalue weighted by atomic mass is 9.84. The SMILES string of the molecule is O=C(C[C@@H](C(=O)NCc1cccc(C(F)(F)F)c1)N1C(=O)C(N2C(=O)OC[C@@H]2c2ccccc2)C1CCc1ccccc1)NC1CCN(Cc2ccccc2)CC1. The first-order valence-corrected chi connectivity index (χ1v) is 19.4. The van der Waals surface area contributed by atoms with E-state index in [9.17, 15) is 32.3 Å². The molecular weight excluding hydrogens is 736 g/mol. The second-order valence-corrected chi connectivity index (χ2v) is 14.9. The quantitative estimate of drug-likeness (QED) is 0.146. The summed E-state index contributed by atoms with van der Waals surface area (Å²) in [7, 11) is 0. The Morgan fingerprint density at radius 2 is 1.44 bits per heavy atom. The van der Waals surface area contributed by atoms with Crippen molar-refractivity contribution in [3.8, 4) is 0 Å². The fourth-order valence-electron chi connectivity index (χ4n) is 8.19. The van der Waals surface area contributed by atoms with Gasteiger partial charge in [-0.05, 0) is 60.1 Å². The van der Waals surface area contributed by atoms with E-state index in [1.165, 1.54) is 27.5 Å². The molecule has 0 aromatic heterocycles. The fourth-order valence-corrected chi connectivity index (χ4v) is 8.19. The predicted octanol–water partition coefficient (Wildman–Crippen LogP) is 6.27. The highest BCUT2D eigenvalue weighted by Crippen LogP contribution is 2.40. The van der Waals surface area contributed by atoms with Gasteiger partial charge in [-0.1, -0.05) is 103 Å². The second kappa shape index (κ2) is 17.6. The van der Waals surface area contributed by atoms with Gasteiger partial charge in [0.1, 0.15) is 18.7 Å². The molecule has 2 unspecified atom stereocenters. The largest absolute Gasteiger partial charge is 0.447 e. The highest BCUT2D eigenvalue weighted by Gasteiger charge is 2.58. The van der Waals surface area contributed by atoms with Crippen molar-refractivity contribution in [2.45, 2.75) is 81.6 Å². The van der Waals surface area contributed by atoms with E-state index in [1.807, 2.05) is 78.9 Å². The third-order valence-electron chi connectivity index (χ3n) is 11.1. The highest BCUT2D eigenvalue weighted by molar-refractivity contribution is 5.99. The van der Waals surface area contributed by atoms with E-state index in [0.29, 0.717) is 25.7 Å². The summed E-state index contributed by atoms with van der Waals surface area (Å²) < 4.78 is 46.0. The summed E-state index contributed by atoms with van der Waals surface area (Å²) in [5.74, 6) is -1.61. The first kappa shape index (κ1) is 39.5. The summed E-state index contributed by atoms with van der Waals surface area (Å²) in [5.41, 5.74) is 2.34. The normalized spacial score (nSPS) is 20.8. The van der Waals surface area contributed by atoms with Gasteiger partial charge in [-0.3, -0.25) is 24.2 Å². The minimum absolute atomic E-state index is 0.0471. The van der Waals surface area contributed by atoms with E-state index >= 15 is 0 Å². The van der Waals surface area contributed by atoms with E-state index in [-0.39, 0.29) is 31.2 Å². The van der Waals surface area contributed by atoms with Crippen LogP contribution in [0.15, 0.2) is 115 Å². The molecule has 3 aliphatic rings. The van der Waals surface area contributed by atoms with Crippen LogP contribution in [0.3, 0.4) is 0 Å². The Bertz CT molecular complexity index is 2010. The number of amides is 4. The molecule has 3 heterocycles. The number of nitrogens with one attached hydrogen (secondary N) is 2. The topological polar surface area (TPSA) is 111 Å². The highest BCUT2D eigenvalue weighted by atomic mass is 19.4. The standard InChI is InChI=1S/C44H46F3N5O5/c45-44(46,47)34-18-10-15-32(25-34)27-48-41(54)37(26-39(53)49-35-21-23-50(24-22-35)28-31-13-6-2-7-14-31)51-36(20-19-30-11-4-1-5-12-30)40(42(51)55)52-38(29-57-43(52)56)33-16-8-3-9-17-33/h1-18,25,35-38,40H,19-24,26-29H2,(H,48,54)(H,49,53)/t36?,37-,38+,40?/m0/s1. The third-order valence-corrected chi connectivity index (χ3v) is 11.1. The fraction of sp³-hybridized carbons (Fsp3) is 0.364. The number of nitrogens with zero attached hydrogens (tertiary/aromatic N) is 3. The van der Waals surface area contributed by atoms with Crippen LogP contribution in [0.25, 0.3) is 0 Å². The average molecular weight is 782 g/mol. The summed E-state index contributed by atoms with van der Waals surface area (Å²) in [6.45, 7) is 2.13. The summed E-state index contributed by atoms with van der Waals surface area (Å²) in [6, 6.07) is 30.0. The van der Waals surface area contributed by atoms with Gasteiger partial charge in [0.05, 0.1) is 24.1 Å². The zero-order valence-corrected chi connectivity index (χ0v) is 31.4. The van der Waals surface area contributed by atoms with Gasteiger partial charge in [-0.15, -0.1) is 0 Å². The number of halogens is 3. The molecule has 7 rings (SSSR count). The first-order chi connectivity index (χ1) is 27.5. The maximum Gasteiger partial charge on any atom is 0.416 e. The van der Waals surface area contributed by atoms with Crippen molar-refractivity contribution < 1.29 is 37.1 Å². The molecule has 57 heavy (non-hydrogen) atoms. The van der Waals surface area contributed by atoms with Crippen molar-refractivity contribution >= 4 is 23.8 Å². The summed E-state index contributed by atoms with van der Waals surface area (Å²) in [4.78, 5) is 61.0. The predicted molar refractivity (Wildman–Crippen MR) is 206 cm³/mol. The van der Waals surface area contributed by atoms with Gasteiger partial charge in [-0.2, -0.15) is 13.2 Å². The molecule has 4 amide bonds. The number of β-lactam (4-membered cyclic amide) rings is 1.